The lowest BCUT2D eigenvalue weighted by atomic mass is 10.2. The van der Waals surface area contributed by atoms with Gasteiger partial charge in [0.15, 0.2) is 0 Å². The molecule has 0 radical (unpaired) electrons. The molecule has 0 fully saturated rings. The monoisotopic (exact) mass is 226 g/mol. The van der Waals surface area contributed by atoms with Crippen molar-refractivity contribution in [2.45, 2.75) is 46.0 Å². The van der Waals surface area contributed by atoms with Crippen LogP contribution in [0.15, 0.2) is 24.7 Å². The van der Waals surface area contributed by atoms with Crippen LogP contribution in [-0.2, 0) is 14.3 Å². The SMILES string of the molecule is C=CC(=O)O/C=C(/CC)OCCCCCC. The Kier molecular flexibility index (Phi) is 9.47. The first-order chi connectivity index (χ1) is 7.74. The number of unbranched alkanes of at least 4 members (excludes halogenated alkanes) is 3. The average Bonchev–Trinajstić information content (AvgIpc) is 2.32. The number of rotatable bonds is 9. The smallest absolute Gasteiger partial charge is 0.335 e. The van der Waals surface area contributed by atoms with Gasteiger partial charge in [-0.15, -0.1) is 0 Å². The van der Waals surface area contributed by atoms with E-state index in [0.717, 1.165) is 18.9 Å². The first kappa shape index (κ1) is 14.8. The molecular formula is C13H22O3. The van der Waals surface area contributed by atoms with Crippen LogP contribution in [-0.4, -0.2) is 12.6 Å². The van der Waals surface area contributed by atoms with E-state index in [4.69, 9.17) is 9.47 Å². The van der Waals surface area contributed by atoms with Gasteiger partial charge in [0.05, 0.1) is 6.61 Å². The van der Waals surface area contributed by atoms with Crippen molar-refractivity contribution in [1.82, 2.24) is 0 Å². The summed E-state index contributed by atoms with van der Waals surface area (Å²) in [5, 5.41) is 0. The van der Waals surface area contributed by atoms with Crippen LogP contribution in [0.2, 0.25) is 0 Å². The minimum Gasteiger partial charge on any atom is -0.495 e. The first-order valence-corrected chi connectivity index (χ1v) is 5.89. The van der Waals surface area contributed by atoms with Crippen LogP contribution >= 0.6 is 0 Å². The Hall–Kier alpha value is -1.25. The van der Waals surface area contributed by atoms with Crippen LogP contribution in [0.25, 0.3) is 0 Å². The maximum Gasteiger partial charge on any atom is 0.335 e. The van der Waals surface area contributed by atoms with E-state index in [1.54, 1.807) is 0 Å². The van der Waals surface area contributed by atoms with Gasteiger partial charge in [0.1, 0.15) is 12.0 Å². The van der Waals surface area contributed by atoms with Crippen molar-refractivity contribution in [3.63, 3.8) is 0 Å². The van der Waals surface area contributed by atoms with E-state index in [-0.39, 0.29) is 0 Å². The lowest BCUT2D eigenvalue weighted by Gasteiger charge is -2.07. The predicted octanol–water partition coefficient (Wildman–Crippen LogP) is 3.56. The zero-order valence-electron chi connectivity index (χ0n) is 10.3. The molecule has 0 aliphatic carbocycles. The highest BCUT2D eigenvalue weighted by Crippen LogP contribution is 2.06. The molecule has 0 saturated heterocycles. The minimum atomic E-state index is -0.458. The predicted molar refractivity (Wildman–Crippen MR) is 64.8 cm³/mol. The number of hydrogen-bond acceptors (Lipinski definition) is 3. The molecule has 0 unspecified atom stereocenters. The number of ether oxygens (including phenoxy) is 2. The Morgan fingerprint density at radius 1 is 1.25 bits per heavy atom. The van der Waals surface area contributed by atoms with Crippen molar-refractivity contribution in [1.29, 1.82) is 0 Å². The molecule has 0 amide bonds. The third kappa shape index (κ3) is 8.09. The molecule has 0 spiro atoms. The molecule has 0 aliphatic heterocycles. The molecule has 0 atom stereocenters. The molecule has 0 rings (SSSR count). The minimum absolute atomic E-state index is 0.458. The second-order valence-electron chi connectivity index (χ2n) is 3.49. The van der Waals surface area contributed by atoms with Gasteiger partial charge in [-0.05, 0) is 6.42 Å². The highest BCUT2D eigenvalue weighted by Gasteiger charge is 1.98. The van der Waals surface area contributed by atoms with Gasteiger partial charge in [-0.25, -0.2) is 4.79 Å². The maximum absolute atomic E-state index is 10.8. The molecular weight excluding hydrogens is 204 g/mol. The zero-order valence-corrected chi connectivity index (χ0v) is 10.3. The summed E-state index contributed by atoms with van der Waals surface area (Å²) in [6.07, 6.45) is 7.89. The molecule has 0 bridgehead atoms. The van der Waals surface area contributed by atoms with E-state index < -0.39 is 5.97 Å². The van der Waals surface area contributed by atoms with Crippen LogP contribution < -0.4 is 0 Å². The summed E-state index contributed by atoms with van der Waals surface area (Å²) in [6, 6.07) is 0. The molecule has 92 valence electrons. The molecule has 0 aromatic carbocycles. The Morgan fingerprint density at radius 3 is 2.56 bits per heavy atom. The summed E-state index contributed by atoms with van der Waals surface area (Å²) in [5.41, 5.74) is 0. The molecule has 3 heteroatoms. The second kappa shape index (κ2) is 10.3. The normalized spacial score (nSPS) is 11.0. The van der Waals surface area contributed by atoms with Gasteiger partial charge < -0.3 is 9.47 Å². The molecule has 0 aromatic rings. The lowest BCUT2D eigenvalue weighted by Crippen LogP contribution is -1.98. The van der Waals surface area contributed by atoms with Crippen molar-refractivity contribution in [2.75, 3.05) is 6.61 Å². The summed E-state index contributed by atoms with van der Waals surface area (Å²) in [6.45, 7) is 8.13. The van der Waals surface area contributed by atoms with Crippen molar-refractivity contribution >= 4 is 5.97 Å². The summed E-state index contributed by atoms with van der Waals surface area (Å²) in [4.78, 5) is 10.8. The van der Waals surface area contributed by atoms with Crippen molar-refractivity contribution in [3.05, 3.63) is 24.7 Å². The van der Waals surface area contributed by atoms with Gasteiger partial charge in [0, 0.05) is 12.5 Å². The van der Waals surface area contributed by atoms with E-state index in [0.29, 0.717) is 12.4 Å². The van der Waals surface area contributed by atoms with Crippen LogP contribution in [0.3, 0.4) is 0 Å². The fourth-order valence-corrected chi connectivity index (χ4v) is 1.12. The van der Waals surface area contributed by atoms with Crippen LogP contribution in [0.4, 0.5) is 0 Å². The summed E-state index contributed by atoms with van der Waals surface area (Å²) < 4.78 is 10.3. The molecule has 3 nitrogen and oxygen atoms in total. The summed E-state index contributed by atoms with van der Waals surface area (Å²) >= 11 is 0. The Labute approximate surface area is 98.1 Å². The van der Waals surface area contributed by atoms with Crippen LogP contribution in [0.5, 0.6) is 0 Å². The fraction of sp³-hybridized carbons (Fsp3) is 0.615. The highest BCUT2D eigenvalue weighted by atomic mass is 16.5. The zero-order chi connectivity index (χ0) is 12.2. The molecule has 0 heterocycles. The highest BCUT2D eigenvalue weighted by molar-refractivity contribution is 5.81. The second-order valence-corrected chi connectivity index (χ2v) is 3.49. The van der Waals surface area contributed by atoms with Gasteiger partial charge in [0.25, 0.3) is 0 Å². The van der Waals surface area contributed by atoms with Crippen LogP contribution in [0, 0.1) is 0 Å². The van der Waals surface area contributed by atoms with E-state index >= 15 is 0 Å². The molecule has 0 aliphatic rings. The van der Waals surface area contributed by atoms with Crippen molar-refractivity contribution < 1.29 is 14.3 Å². The van der Waals surface area contributed by atoms with E-state index in [1.807, 2.05) is 6.92 Å². The molecule has 0 saturated carbocycles. The number of carbonyl (C=O) groups excluding carboxylic acids is 1. The summed E-state index contributed by atoms with van der Waals surface area (Å²) in [7, 11) is 0. The molecule has 0 N–H and O–H groups in total. The number of hydrogen-bond donors (Lipinski definition) is 0. The van der Waals surface area contributed by atoms with Gasteiger partial charge in [-0.1, -0.05) is 39.7 Å². The molecule has 16 heavy (non-hydrogen) atoms. The van der Waals surface area contributed by atoms with E-state index in [1.165, 1.54) is 25.5 Å². The largest absolute Gasteiger partial charge is 0.495 e. The fourth-order valence-electron chi connectivity index (χ4n) is 1.12. The first-order valence-electron chi connectivity index (χ1n) is 5.89. The third-order valence-electron chi connectivity index (χ3n) is 2.11. The number of esters is 1. The Morgan fingerprint density at radius 2 is 2.00 bits per heavy atom. The quantitative estimate of drug-likeness (QED) is 0.261. The van der Waals surface area contributed by atoms with Gasteiger partial charge >= 0.3 is 5.97 Å². The van der Waals surface area contributed by atoms with E-state index in [2.05, 4.69) is 13.5 Å². The van der Waals surface area contributed by atoms with Gasteiger partial charge in [-0.3, -0.25) is 0 Å². The van der Waals surface area contributed by atoms with Crippen molar-refractivity contribution in [2.24, 2.45) is 0 Å². The van der Waals surface area contributed by atoms with Gasteiger partial charge in [0.2, 0.25) is 0 Å². The lowest BCUT2D eigenvalue weighted by molar-refractivity contribution is -0.132. The van der Waals surface area contributed by atoms with E-state index in [9.17, 15) is 4.79 Å². The van der Waals surface area contributed by atoms with Crippen molar-refractivity contribution in [3.8, 4) is 0 Å². The standard InChI is InChI=1S/C13H22O3/c1-4-7-8-9-10-15-12(5-2)11-16-13(14)6-3/h6,11H,3-5,7-10H2,1-2H3/b12-11-. The molecule has 0 aromatic heterocycles. The van der Waals surface area contributed by atoms with Crippen LogP contribution in [0.1, 0.15) is 46.0 Å². The maximum atomic E-state index is 10.8. The Bertz CT molecular complexity index is 231. The van der Waals surface area contributed by atoms with Gasteiger partial charge in [-0.2, -0.15) is 0 Å². The number of carbonyl (C=O) groups is 1. The summed E-state index contributed by atoms with van der Waals surface area (Å²) in [5.74, 6) is 0.243. The third-order valence-corrected chi connectivity index (χ3v) is 2.11. The number of allylic oxidation sites excluding steroid dienone is 1. The topological polar surface area (TPSA) is 35.5 Å². The Balaban J connectivity index is 3.73. The average molecular weight is 226 g/mol.